The number of urea groups is 1. The van der Waals surface area contributed by atoms with Gasteiger partial charge in [0.1, 0.15) is 6.04 Å². The van der Waals surface area contributed by atoms with E-state index in [0.717, 1.165) is 6.42 Å². The fraction of sp³-hybridized carbons (Fsp3) is 0.640. The summed E-state index contributed by atoms with van der Waals surface area (Å²) in [6.07, 6.45) is 1.80. The van der Waals surface area contributed by atoms with Crippen LogP contribution >= 0.6 is 0 Å². The van der Waals surface area contributed by atoms with Crippen molar-refractivity contribution in [3.8, 4) is 0 Å². The number of amides is 4. The van der Waals surface area contributed by atoms with Crippen LogP contribution in [-0.2, 0) is 16.0 Å². The smallest absolute Gasteiger partial charge is 0.312 e. The molecule has 2 unspecified atom stereocenters. The van der Waals surface area contributed by atoms with Crippen LogP contribution in [0.4, 0.5) is 10.5 Å². The van der Waals surface area contributed by atoms with E-state index in [2.05, 4.69) is 42.0 Å². The van der Waals surface area contributed by atoms with E-state index in [0.29, 0.717) is 25.1 Å². The predicted molar refractivity (Wildman–Crippen MR) is 134 cm³/mol. The van der Waals surface area contributed by atoms with Crippen molar-refractivity contribution in [3.05, 3.63) is 29.8 Å². The van der Waals surface area contributed by atoms with Gasteiger partial charge in [-0.25, -0.2) is 4.79 Å². The first-order valence-electron chi connectivity index (χ1n) is 11.8. The first-order valence-corrected chi connectivity index (χ1v) is 11.8. The molecule has 0 spiro atoms. The maximum absolute atomic E-state index is 13.0. The second-order valence-electron chi connectivity index (χ2n) is 10.5. The molecule has 0 aliphatic carbocycles. The molecule has 1 aromatic rings. The van der Waals surface area contributed by atoms with E-state index in [-0.39, 0.29) is 29.2 Å². The Morgan fingerprint density at radius 3 is 2.06 bits per heavy atom. The van der Waals surface area contributed by atoms with Gasteiger partial charge in [0.25, 0.3) is 0 Å². The fourth-order valence-corrected chi connectivity index (χ4v) is 3.53. The summed E-state index contributed by atoms with van der Waals surface area (Å²) in [6.45, 7) is 14.8. The largest absolute Gasteiger partial charge is 0.352 e. The number of hydrogen-bond acceptors (Lipinski definition) is 4. The highest BCUT2D eigenvalue weighted by molar-refractivity contribution is 5.97. The second kappa shape index (κ2) is 13.2. The molecule has 0 aromatic heterocycles. The molecule has 4 amide bonds. The van der Waals surface area contributed by atoms with Gasteiger partial charge in [-0.2, -0.15) is 0 Å². The zero-order valence-corrected chi connectivity index (χ0v) is 21.2. The number of primary amides is 1. The molecule has 8 nitrogen and oxygen atoms in total. The van der Waals surface area contributed by atoms with Crippen molar-refractivity contribution in [2.24, 2.45) is 17.1 Å². The third-order valence-corrected chi connectivity index (χ3v) is 5.02. The zero-order chi connectivity index (χ0) is 25.2. The summed E-state index contributed by atoms with van der Waals surface area (Å²) in [4.78, 5) is 36.9. The van der Waals surface area contributed by atoms with Gasteiger partial charge in [-0.15, -0.1) is 0 Å². The molecule has 6 N–H and O–H groups in total. The minimum Gasteiger partial charge on any atom is -0.352 e. The second-order valence-corrected chi connectivity index (χ2v) is 10.5. The van der Waals surface area contributed by atoms with E-state index in [1.54, 1.807) is 0 Å². The summed E-state index contributed by atoms with van der Waals surface area (Å²) in [5.74, 6) is -0.455. The molecule has 0 saturated heterocycles. The van der Waals surface area contributed by atoms with Crippen LogP contribution < -0.4 is 27.0 Å². The Balaban J connectivity index is 2.89. The van der Waals surface area contributed by atoms with Crippen LogP contribution in [0.2, 0.25) is 0 Å². The maximum Gasteiger partial charge on any atom is 0.312 e. The summed E-state index contributed by atoms with van der Waals surface area (Å²) in [5.41, 5.74) is 7.16. The zero-order valence-electron chi connectivity index (χ0n) is 21.2. The number of carbonyl (C=O) groups excluding carboxylic acids is 3. The Morgan fingerprint density at radius 2 is 1.58 bits per heavy atom. The lowest BCUT2D eigenvalue weighted by molar-refractivity contribution is -0.129. The van der Waals surface area contributed by atoms with E-state index in [1.165, 1.54) is 5.56 Å². The maximum atomic E-state index is 13.0. The van der Waals surface area contributed by atoms with E-state index in [4.69, 9.17) is 5.73 Å². The highest BCUT2D eigenvalue weighted by atomic mass is 16.2. The molecular formula is C25H43N5O3. The number of anilines is 1. The number of rotatable bonds is 12. The molecule has 1 aromatic carbocycles. The van der Waals surface area contributed by atoms with Crippen molar-refractivity contribution in [2.45, 2.75) is 85.9 Å². The minimum atomic E-state index is -0.739. The Bertz CT molecular complexity index is 769. The number of nitrogens with one attached hydrogen (secondary N) is 4. The standard InChI is InChI=1S/C25H43N5O3/c1-16(2)21(28-17(3)4)23(32)30-20(9-8-14-27-24(26)33)22(31)29-19-12-10-18(11-13-19)15-25(5,6)7/h10-13,16-17,20-21,28H,8-9,14-15H2,1-7H3,(H,29,31)(H,30,32)(H3,26,27,33). The van der Waals surface area contributed by atoms with Crippen LogP contribution in [0.15, 0.2) is 24.3 Å². The first-order chi connectivity index (χ1) is 15.3. The highest BCUT2D eigenvalue weighted by Gasteiger charge is 2.27. The molecule has 0 bridgehead atoms. The molecule has 2 atom stereocenters. The first kappa shape index (κ1) is 28.4. The Morgan fingerprint density at radius 1 is 0.970 bits per heavy atom. The Hall–Kier alpha value is -2.61. The summed E-state index contributed by atoms with van der Waals surface area (Å²) < 4.78 is 0. The summed E-state index contributed by atoms with van der Waals surface area (Å²) >= 11 is 0. The van der Waals surface area contributed by atoms with E-state index in [9.17, 15) is 14.4 Å². The van der Waals surface area contributed by atoms with Gasteiger partial charge in [-0.1, -0.05) is 60.6 Å². The number of hydrogen-bond donors (Lipinski definition) is 5. The molecule has 0 fully saturated rings. The molecule has 0 heterocycles. The monoisotopic (exact) mass is 461 g/mol. The minimum absolute atomic E-state index is 0.0583. The Kier molecular flexibility index (Phi) is 11.4. The van der Waals surface area contributed by atoms with Gasteiger partial charge in [0, 0.05) is 18.3 Å². The molecular weight excluding hydrogens is 418 g/mol. The van der Waals surface area contributed by atoms with E-state index in [1.807, 2.05) is 52.0 Å². The molecule has 8 heteroatoms. The average Bonchev–Trinajstić information content (AvgIpc) is 2.68. The quantitative estimate of drug-likeness (QED) is 0.307. The van der Waals surface area contributed by atoms with Crippen LogP contribution in [0.25, 0.3) is 0 Å². The lowest BCUT2D eigenvalue weighted by atomic mass is 9.88. The van der Waals surface area contributed by atoms with Crippen LogP contribution in [0.1, 0.15) is 66.9 Å². The molecule has 0 saturated carbocycles. The topological polar surface area (TPSA) is 125 Å². The molecule has 0 aliphatic rings. The van der Waals surface area contributed by atoms with Crippen molar-refractivity contribution >= 4 is 23.5 Å². The number of benzene rings is 1. The van der Waals surface area contributed by atoms with Crippen molar-refractivity contribution in [3.63, 3.8) is 0 Å². The number of carbonyl (C=O) groups is 3. The lowest BCUT2D eigenvalue weighted by Crippen LogP contribution is -2.54. The van der Waals surface area contributed by atoms with Crippen molar-refractivity contribution in [1.29, 1.82) is 0 Å². The lowest BCUT2D eigenvalue weighted by Gasteiger charge is -2.27. The van der Waals surface area contributed by atoms with Crippen molar-refractivity contribution in [1.82, 2.24) is 16.0 Å². The summed E-state index contributed by atoms with van der Waals surface area (Å²) in [7, 11) is 0. The van der Waals surface area contributed by atoms with E-state index < -0.39 is 18.1 Å². The van der Waals surface area contributed by atoms with Gasteiger partial charge < -0.3 is 27.0 Å². The van der Waals surface area contributed by atoms with Gasteiger partial charge in [-0.3, -0.25) is 9.59 Å². The highest BCUT2D eigenvalue weighted by Crippen LogP contribution is 2.21. The fourth-order valence-electron chi connectivity index (χ4n) is 3.53. The van der Waals surface area contributed by atoms with Gasteiger partial charge >= 0.3 is 6.03 Å². The SMILES string of the molecule is CC(C)NC(C(=O)NC(CCCNC(N)=O)C(=O)Nc1ccc(CC(C)(C)C)cc1)C(C)C. The van der Waals surface area contributed by atoms with Gasteiger partial charge in [0.05, 0.1) is 6.04 Å². The van der Waals surface area contributed by atoms with Gasteiger partial charge in [-0.05, 0) is 48.3 Å². The average molecular weight is 462 g/mol. The van der Waals surface area contributed by atoms with Crippen LogP contribution in [-0.4, -0.2) is 42.5 Å². The summed E-state index contributed by atoms with van der Waals surface area (Å²) in [5, 5.41) is 11.6. The van der Waals surface area contributed by atoms with Crippen molar-refractivity contribution in [2.75, 3.05) is 11.9 Å². The molecule has 0 aliphatic heterocycles. The molecule has 1 rings (SSSR count). The molecule has 186 valence electrons. The Labute approximate surface area is 198 Å². The third kappa shape index (κ3) is 11.7. The van der Waals surface area contributed by atoms with Crippen molar-refractivity contribution < 1.29 is 14.4 Å². The van der Waals surface area contributed by atoms with E-state index >= 15 is 0 Å². The van der Waals surface area contributed by atoms with Crippen LogP contribution in [0.5, 0.6) is 0 Å². The summed E-state index contributed by atoms with van der Waals surface area (Å²) in [6, 6.07) is 6.13. The normalized spacial score (nSPS) is 13.5. The van der Waals surface area contributed by atoms with Gasteiger partial charge in [0.2, 0.25) is 11.8 Å². The third-order valence-electron chi connectivity index (χ3n) is 5.02. The van der Waals surface area contributed by atoms with Gasteiger partial charge in [0.15, 0.2) is 0 Å². The van der Waals surface area contributed by atoms with Crippen LogP contribution in [0.3, 0.4) is 0 Å². The molecule has 0 radical (unpaired) electrons. The molecule has 33 heavy (non-hydrogen) atoms. The predicted octanol–water partition coefficient (Wildman–Crippen LogP) is 3.17. The number of nitrogens with two attached hydrogens (primary N) is 1. The van der Waals surface area contributed by atoms with Crippen LogP contribution in [0, 0.1) is 11.3 Å².